The summed E-state index contributed by atoms with van der Waals surface area (Å²) in [5.74, 6) is -1.64. The molecule has 2 N–H and O–H groups in total. The van der Waals surface area contributed by atoms with Gasteiger partial charge in [-0.3, -0.25) is 4.57 Å². The molecule has 5 aromatic rings. The summed E-state index contributed by atoms with van der Waals surface area (Å²) in [5, 5.41) is 29.8. The Kier molecular flexibility index (Phi) is 7.13. The Morgan fingerprint density at radius 2 is 1.57 bits per heavy atom. The summed E-state index contributed by atoms with van der Waals surface area (Å²) < 4.78 is 42.1. The molecule has 5 rings (SSSR count). The molecule has 0 fully saturated rings. The van der Waals surface area contributed by atoms with Crippen molar-refractivity contribution in [2.75, 3.05) is 0 Å². The highest BCUT2D eigenvalue weighted by Crippen LogP contribution is 2.44. The summed E-state index contributed by atoms with van der Waals surface area (Å²) in [6.07, 6.45) is -2.83. The summed E-state index contributed by atoms with van der Waals surface area (Å²) in [5.41, 5.74) is 1.76. The van der Waals surface area contributed by atoms with Gasteiger partial charge in [0.05, 0.1) is 16.6 Å². The molecule has 0 saturated carbocycles. The minimum atomic E-state index is -4.60. The highest BCUT2D eigenvalue weighted by atomic mass is 19.4. The van der Waals surface area contributed by atoms with Crippen molar-refractivity contribution in [2.24, 2.45) is 10.2 Å². The fourth-order valence-electron chi connectivity index (χ4n) is 4.67. The molecule has 9 heteroatoms. The smallest absolute Gasteiger partial charge is 0.416 e. The summed E-state index contributed by atoms with van der Waals surface area (Å²) >= 11 is 0. The van der Waals surface area contributed by atoms with Gasteiger partial charge in [0.25, 0.3) is 0 Å². The van der Waals surface area contributed by atoms with Gasteiger partial charge in [-0.25, -0.2) is 4.79 Å². The second-order valence-corrected chi connectivity index (χ2v) is 9.23. The van der Waals surface area contributed by atoms with E-state index in [0.29, 0.717) is 16.8 Å². The number of nitrogens with zero attached hydrogens (tertiary/aromatic N) is 3. The maximum Gasteiger partial charge on any atom is 0.416 e. The van der Waals surface area contributed by atoms with Crippen LogP contribution in [-0.4, -0.2) is 20.7 Å². The van der Waals surface area contributed by atoms with Crippen molar-refractivity contribution in [3.63, 3.8) is 0 Å². The second kappa shape index (κ2) is 10.7. The van der Waals surface area contributed by atoms with E-state index in [-0.39, 0.29) is 27.8 Å². The van der Waals surface area contributed by atoms with Crippen molar-refractivity contribution in [3.05, 3.63) is 108 Å². The molecule has 0 saturated heterocycles. The number of hydrogen-bond acceptors (Lipinski definition) is 4. The zero-order valence-electron chi connectivity index (χ0n) is 21.4. The Morgan fingerprint density at radius 3 is 2.23 bits per heavy atom. The van der Waals surface area contributed by atoms with Gasteiger partial charge in [0.2, 0.25) is 5.88 Å². The monoisotopic (exact) mass is 543 g/mol. The molecule has 4 aromatic carbocycles. The molecule has 0 spiro atoms. The molecule has 6 nitrogen and oxygen atoms in total. The number of azo groups is 1. The molecule has 40 heavy (non-hydrogen) atoms. The number of alkyl halides is 3. The predicted octanol–water partition coefficient (Wildman–Crippen LogP) is 9.09. The van der Waals surface area contributed by atoms with E-state index >= 15 is 0 Å². The van der Waals surface area contributed by atoms with Crippen LogP contribution in [-0.2, 0) is 12.6 Å². The zero-order valence-corrected chi connectivity index (χ0v) is 21.4. The first kappa shape index (κ1) is 26.7. The van der Waals surface area contributed by atoms with Crippen LogP contribution in [0.4, 0.5) is 24.5 Å². The number of hydrogen-bond donors (Lipinski definition) is 2. The zero-order chi connectivity index (χ0) is 28.4. The van der Waals surface area contributed by atoms with Gasteiger partial charge in [0, 0.05) is 16.6 Å². The van der Waals surface area contributed by atoms with Crippen molar-refractivity contribution in [3.8, 4) is 22.7 Å². The number of fused-ring (bicyclic) bond motifs is 1. The molecule has 0 aliphatic heterocycles. The number of benzene rings is 4. The van der Waals surface area contributed by atoms with Crippen LogP contribution in [0.2, 0.25) is 0 Å². The topological polar surface area (TPSA) is 87.2 Å². The first-order valence-electron chi connectivity index (χ1n) is 12.6. The van der Waals surface area contributed by atoms with E-state index in [9.17, 15) is 28.2 Å². The Balaban J connectivity index is 1.72. The van der Waals surface area contributed by atoms with Crippen LogP contribution in [0.3, 0.4) is 0 Å². The highest BCUT2D eigenvalue weighted by molar-refractivity contribution is 5.99. The molecule has 202 valence electrons. The molecule has 0 unspecified atom stereocenters. The molecule has 0 aliphatic carbocycles. The maximum atomic E-state index is 13.6. The summed E-state index contributed by atoms with van der Waals surface area (Å²) in [7, 11) is 0. The van der Waals surface area contributed by atoms with Crippen molar-refractivity contribution < 1.29 is 28.2 Å². The van der Waals surface area contributed by atoms with Gasteiger partial charge >= 0.3 is 12.1 Å². The molecule has 1 aromatic heterocycles. The van der Waals surface area contributed by atoms with E-state index in [1.54, 1.807) is 48.5 Å². The fourth-order valence-corrected chi connectivity index (χ4v) is 4.67. The number of aromatic nitrogens is 1. The third-order valence-electron chi connectivity index (χ3n) is 6.58. The predicted molar refractivity (Wildman–Crippen MR) is 147 cm³/mol. The minimum absolute atomic E-state index is 0.0531. The first-order valence-corrected chi connectivity index (χ1v) is 12.6. The first-order chi connectivity index (χ1) is 19.2. The fraction of sp³-hybridized carbons (Fsp3) is 0.129. The number of halogens is 3. The molecule has 0 amide bonds. The number of carbonyl (C=O) groups is 1. The van der Waals surface area contributed by atoms with Crippen LogP contribution in [0.15, 0.2) is 101 Å². The van der Waals surface area contributed by atoms with Crippen molar-refractivity contribution >= 4 is 28.2 Å². The number of carboxylic acids is 1. The van der Waals surface area contributed by atoms with Crippen molar-refractivity contribution in [1.82, 2.24) is 4.57 Å². The summed E-state index contributed by atoms with van der Waals surface area (Å²) in [6.45, 7) is 2.04. The lowest BCUT2D eigenvalue weighted by atomic mass is 10.0. The summed E-state index contributed by atoms with van der Waals surface area (Å²) in [6, 6.07) is 23.9. The normalized spacial score (nSPS) is 11.9. The summed E-state index contributed by atoms with van der Waals surface area (Å²) in [4.78, 5) is 12.0. The van der Waals surface area contributed by atoms with E-state index in [1.807, 2.05) is 25.1 Å². The number of aromatic hydroxyl groups is 1. The SMILES string of the molecule is CCCc1ccc(-n2c(O)c(N=Nc3c(C(=O)O)cccc3-c3ccccc3)c3ccc(C(F)(F)F)cc32)cc1. The van der Waals surface area contributed by atoms with Gasteiger partial charge in [-0.1, -0.05) is 67.9 Å². The lowest BCUT2D eigenvalue weighted by molar-refractivity contribution is -0.137. The maximum absolute atomic E-state index is 13.6. The number of aromatic carboxylic acids is 1. The van der Waals surface area contributed by atoms with E-state index in [0.717, 1.165) is 30.5 Å². The van der Waals surface area contributed by atoms with Crippen LogP contribution in [0.5, 0.6) is 5.88 Å². The Labute approximate surface area is 227 Å². The third-order valence-corrected chi connectivity index (χ3v) is 6.58. The largest absolute Gasteiger partial charge is 0.493 e. The van der Waals surface area contributed by atoms with E-state index in [2.05, 4.69) is 10.2 Å². The van der Waals surface area contributed by atoms with Crippen LogP contribution >= 0.6 is 0 Å². The average Bonchev–Trinajstić information content (AvgIpc) is 3.22. The number of carboxylic acid groups (broad SMARTS) is 1. The van der Waals surface area contributed by atoms with E-state index in [4.69, 9.17) is 0 Å². The second-order valence-electron chi connectivity index (χ2n) is 9.23. The van der Waals surface area contributed by atoms with Crippen molar-refractivity contribution in [1.29, 1.82) is 0 Å². The average molecular weight is 544 g/mol. The lowest BCUT2D eigenvalue weighted by Crippen LogP contribution is -2.05. The van der Waals surface area contributed by atoms with Gasteiger partial charge in [-0.2, -0.15) is 13.2 Å². The van der Waals surface area contributed by atoms with E-state index in [1.165, 1.54) is 16.7 Å². The Hall–Kier alpha value is -4.92. The van der Waals surface area contributed by atoms with Crippen molar-refractivity contribution in [2.45, 2.75) is 25.9 Å². The van der Waals surface area contributed by atoms with Gasteiger partial charge in [0.1, 0.15) is 5.69 Å². The third kappa shape index (κ3) is 5.05. The van der Waals surface area contributed by atoms with Crippen LogP contribution in [0.1, 0.15) is 34.8 Å². The van der Waals surface area contributed by atoms with Crippen LogP contribution < -0.4 is 0 Å². The molecule has 0 bridgehead atoms. The quantitative estimate of drug-likeness (QED) is 0.201. The lowest BCUT2D eigenvalue weighted by Gasteiger charge is -2.10. The molecule has 0 atom stereocenters. The van der Waals surface area contributed by atoms with Gasteiger partial charge in [-0.15, -0.1) is 10.2 Å². The Bertz CT molecular complexity index is 1720. The highest BCUT2D eigenvalue weighted by Gasteiger charge is 2.32. The molecule has 0 aliphatic rings. The van der Waals surface area contributed by atoms with E-state index < -0.39 is 23.6 Å². The molecular weight excluding hydrogens is 519 g/mol. The van der Waals surface area contributed by atoms with Crippen LogP contribution in [0.25, 0.3) is 27.7 Å². The molecule has 1 heterocycles. The Morgan fingerprint density at radius 1 is 0.875 bits per heavy atom. The van der Waals surface area contributed by atoms with Gasteiger partial charge < -0.3 is 10.2 Å². The number of aryl methyl sites for hydroxylation is 1. The van der Waals surface area contributed by atoms with Gasteiger partial charge in [-0.05, 0) is 53.9 Å². The molecule has 0 radical (unpaired) electrons. The number of rotatable bonds is 7. The standard InChI is InChI=1S/C31H24F3N3O3/c1-2-7-19-12-15-22(16-13-19)37-26-18-21(31(32,33)34)14-17-24(26)28(29(37)38)36-35-27-23(20-8-4-3-5-9-20)10-6-11-25(27)30(39)40/h3-6,8-18,38H,2,7H2,1H3,(H,39,40). The molecular formula is C31H24F3N3O3. The van der Waals surface area contributed by atoms with Gasteiger partial charge in [0.15, 0.2) is 5.69 Å². The van der Waals surface area contributed by atoms with Crippen LogP contribution in [0, 0.1) is 0 Å². The minimum Gasteiger partial charge on any atom is -0.493 e.